The van der Waals surface area contributed by atoms with Gasteiger partial charge in [-0.15, -0.1) is 23.1 Å². The van der Waals surface area contributed by atoms with Gasteiger partial charge in [0.05, 0.1) is 58.0 Å². The Hall–Kier alpha value is -2.23. The van der Waals surface area contributed by atoms with Gasteiger partial charge in [-0.25, -0.2) is 9.97 Å². The van der Waals surface area contributed by atoms with Crippen LogP contribution in [0.2, 0.25) is 0 Å². The molecule has 1 N–H and O–H groups in total. The van der Waals surface area contributed by atoms with Crippen LogP contribution in [0.15, 0.2) is 28.7 Å². The molecular weight excluding hydrogens is 418 g/mol. The summed E-state index contributed by atoms with van der Waals surface area (Å²) in [5, 5.41) is 6.23. The highest BCUT2D eigenvalue weighted by atomic mass is 32.2. The van der Waals surface area contributed by atoms with Crippen molar-refractivity contribution < 1.29 is 9.53 Å². The van der Waals surface area contributed by atoms with Crippen LogP contribution in [0.4, 0.5) is 5.82 Å². The van der Waals surface area contributed by atoms with Crippen LogP contribution in [0.5, 0.6) is 0 Å². The van der Waals surface area contributed by atoms with Gasteiger partial charge in [-0.1, -0.05) is 0 Å². The second kappa shape index (κ2) is 10.2. The van der Waals surface area contributed by atoms with Crippen LogP contribution in [0, 0.1) is 13.8 Å². The number of hydrogen-bond acceptors (Lipinski definition) is 8. The zero-order chi connectivity index (χ0) is 21.7. The molecule has 160 valence electrons. The average Bonchev–Trinajstić information content (AvgIpc) is 3.06. The largest absolute Gasteiger partial charge is 0.377 e. The summed E-state index contributed by atoms with van der Waals surface area (Å²) < 4.78 is 5.51. The fraction of sp³-hybridized carbons (Fsp3) is 0.429. The number of carbonyl (C=O) groups excluding carboxylic acids is 1. The molecule has 1 amide bonds. The molecule has 0 bridgehead atoms. The minimum atomic E-state index is -0.00780. The number of nitrogens with zero attached hydrogens (tertiary/aromatic N) is 4. The molecule has 0 aromatic carbocycles. The lowest BCUT2D eigenvalue weighted by Crippen LogP contribution is -2.52. The Kier molecular flexibility index (Phi) is 7.63. The number of anilines is 1. The Labute approximate surface area is 185 Å². The smallest absolute Gasteiger partial charge is 0.256 e. The molecule has 0 unspecified atom stereocenters. The van der Waals surface area contributed by atoms with E-state index in [0.29, 0.717) is 30.5 Å². The number of pyridine rings is 1. The number of aryl methyl sites for hydroxylation is 2. The van der Waals surface area contributed by atoms with Crippen LogP contribution in [0.3, 0.4) is 0 Å². The molecule has 9 heteroatoms. The molecule has 2 aromatic rings. The first-order chi connectivity index (χ1) is 14.4. The Bertz CT molecular complexity index is 916. The summed E-state index contributed by atoms with van der Waals surface area (Å²) in [4.78, 5) is 28.7. The normalized spacial score (nSPS) is 19.6. The van der Waals surface area contributed by atoms with Crippen molar-refractivity contribution in [1.29, 1.82) is 0 Å². The molecule has 0 radical (unpaired) electrons. The predicted octanol–water partition coefficient (Wildman–Crippen LogP) is 4.21. The van der Waals surface area contributed by atoms with Crippen molar-refractivity contribution in [2.24, 2.45) is 4.99 Å². The fourth-order valence-electron chi connectivity index (χ4n) is 3.35. The average molecular weight is 446 g/mol. The van der Waals surface area contributed by atoms with Gasteiger partial charge in [0, 0.05) is 6.20 Å². The van der Waals surface area contributed by atoms with Crippen molar-refractivity contribution in [2.75, 3.05) is 24.4 Å². The molecule has 1 saturated heterocycles. The van der Waals surface area contributed by atoms with Gasteiger partial charge in [0.15, 0.2) is 0 Å². The Morgan fingerprint density at radius 2 is 2.13 bits per heavy atom. The number of nitrogens with one attached hydrogen (secondary N) is 1. The van der Waals surface area contributed by atoms with Crippen molar-refractivity contribution in [3.05, 3.63) is 44.9 Å². The lowest BCUT2D eigenvalue weighted by atomic mass is 10.1. The number of thioether (sulfide) groups is 1. The van der Waals surface area contributed by atoms with Gasteiger partial charge in [-0.05, 0) is 52.0 Å². The molecular formula is C21H27N5O2S2. The first-order valence-corrected chi connectivity index (χ1v) is 11.6. The van der Waals surface area contributed by atoms with Crippen molar-refractivity contribution in [3.63, 3.8) is 0 Å². The van der Waals surface area contributed by atoms with E-state index in [1.165, 1.54) is 0 Å². The highest BCUT2D eigenvalue weighted by Gasteiger charge is 2.30. The zero-order valence-electron chi connectivity index (χ0n) is 17.7. The van der Waals surface area contributed by atoms with E-state index in [2.05, 4.69) is 27.0 Å². The minimum Gasteiger partial charge on any atom is -0.377 e. The van der Waals surface area contributed by atoms with E-state index >= 15 is 0 Å². The Morgan fingerprint density at radius 1 is 1.40 bits per heavy atom. The number of carbonyl (C=O) groups is 1. The highest BCUT2D eigenvalue weighted by Crippen LogP contribution is 2.28. The lowest BCUT2D eigenvalue weighted by Gasteiger charge is -2.38. The molecule has 2 atom stereocenters. The van der Waals surface area contributed by atoms with Crippen LogP contribution in [0.1, 0.15) is 39.8 Å². The summed E-state index contributed by atoms with van der Waals surface area (Å²) >= 11 is 3.18. The van der Waals surface area contributed by atoms with Gasteiger partial charge in [0.25, 0.3) is 5.91 Å². The van der Waals surface area contributed by atoms with Gasteiger partial charge in [0.2, 0.25) is 0 Å². The van der Waals surface area contributed by atoms with Crippen LogP contribution in [-0.2, 0) is 4.74 Å². The van der Waals surface area contributed by atoms with E-state index in [1.807, 2.05) is 50.1 Å². The summed E-state index contributed by atoms with van der Waals surface area (Å²) in [6.45, 7) is 12.8. The predicted molar refractivity (Wildman–Crippen MR) is 125 cm³/mol. The van der Waals surface area contributed by atoms with Crippen molar-refractivity contribution in [3.8, 4) is 0 Å². The second-order valence-corrected chi connectivity index (χ2v) is 9.24. The molecule has 30 heavy (non-hydrogen) atoms. The number of rotatable bonds is 7. The molecule has 1 aliphatic heterocycles. The Balaban J connectivity index is 1.56. The number of morpholine rings is 1. The molecule has 0 spiro atoms. The molecule has 3 rings (SSSR count). The van der Waals surface area contributed by atoms with E-state index in [9.17, 15) is 4.79 Å². The maximum Gasteiger partial charge on any atom is 0.256 e. The number of thiazole rings is 1. The molecule has 3 heterocycles. The van der Waals surface area contributed by atoms with Crippen LogP contribution < -0.4 is 5.32 Å². The minimum absolute atomic E-state index is 0.00780. The van der Waals surface area contributed by atoms with Crippen LogP contribution >= 0.6 is 23.1 Å². The third-order valence-electron chi connectivity index (χ3n) is 4.75. The molecule has 0 aliphatic carbocycles. The molecule has 7 nitrogen and oxygen atoms in total. The van der Waals surface area contributed by atoms with E-state index in [0.717, 1.165) is 21.3 Å². The van der Waals surface area contributed by atoms with Gasteiger partial charge < -0.3 is 15.0 Å². The van der Waals surface area contributed by atoms with Crippen molar-refractivity contribution in [2.45, 2.75) is 39.8 Å². The summed E-state index contributed by atoms with van der Waals surface area (Å²) in [5.41, 5.74) is 2.38. The van der Waals surface area contributed by atoms with E-state index in [4.69, 9.17) is 4.74 Å². The van der Waals surface area contributed by atoms with Gasteiger partial charge in [-0.3, -0.25) is 9.79 Å². The van der Waals surface area contributed by atoms with Crippen molar-refractivity contribution >= 4 is 47.2 Å². The van der Waals surface area contributed by atoms with Gasteiger partial charge in [-0.2, -0.15) is 0 Å². The maximum atomic E-state index is 12.8. The van der Waals surface area contributed by atoms with Gasteiger partial charge in [0.1, 0.15) is 5.82 Å². The summed E-state index contributed by atoms with van der Waals surface area (Å²) in [5.74, 6) is 1.33. The molecule has 2 aromatic heterocycles. The zero-order valence-corrected chi connectivity index (χ0v) is 19.3. The SMILES string of the molecule is C=N/C(=C\SCNc1ccc(C(=O)N2[C@H](C)COC[C@@H]2C)cn1)c1sc(C)nc1C. The van der Waals surface area contributed by atoms with Crippen LogP contribution in [-0.4, -0.2) is 58.7 Å². The first-order valence-electron chi connectivity index (χ1n) is 9.74. The van der Waals surface area contributed by atoms with Gasteiger partial charge >= 0.3 is 0 Å². The third kappa shape index (κ3) is 5.27. The molecule has 0 saturated carbocycles. The first kappa shape index (κ1) is 22.5. The lowest BCUT2D eigenvalue weighted by molar-refractivity contribution is -0.0249. The molecule has 1 fully saturated rings. The number of ether oxygens (including phenoxy) is 1. The maximum absolute atomic E-state index is 12.8. The van der Waals surface area contributed by atoms with E-state index in [-0.39, 0.29) is 18.0 Å². The molecule has 1 aliphatic rings. The second-order valence-electron chi connectivity index (χ2n) is 7.18. The highest BCUT2D eigenvalue weighted by molar-refractivity contribution is 8.02. The number of aliphatic imine (C=N–C) groups is 1. The fourth-order valence-corrected chi connectivity index (χ4v) is 4.99. The Morgan fingerprint density at radius 3 is 2.70 bits per heavy atom. The topological polar surface area (TPSA) is 79.7 Å². The van der Waals surface area contributed by atoms with E-state index in [1.54, 1.807) is 29.3 Å². The summed E-state index contributed by atoms with van der Waals surface area (Å²) in [6, 6.07) is 3.76. The monoisotopic (exact) mass is 445 g/mol. The quantitative estimate of drug-likeness (QED) is 0.391. The number of amides is 1. The third-order valence-corrected chi connectivity index (χ3v) is 6.55. The number of hydrogen-bond donors (Lipinski definition) is 1. The van der Waals surface area contributed by atoms with E-state index < -0.39 is 0 Å². The summed E-state index contributed by atoms with van der Waals surface area (Å²) in [7, 11) is 0. The summed E-state index contributed by atoms with van der Waals surface area (Å²) in [6.07, 6.45) is 1.63. The standard InChI is InChI=1S/C21H27N5O2S2/c1-13-9-28-10-14(2)26(13)21(27)17-6-7-19(23-8-17)24-12-29-11-18(22-5)20-15(3)25-16(4)30-20/h6-8,11,13-14H,5,9-10,12H2,1-4H3,(H,23,24)/b18-11-/t13-,14+. The number of aromatic nitrogens is 2. The van der Waals surface area contributed by atoms with Crippen molar-refractivity contribution in [1.82, 2.24) is 14.9 Å². The van der Waals surface area contributed by atoms with Crippen LogP contribution in [0.25, 0.3) is 5.70 Å².